The van der Waals surface area contributed by atoms with Gasteiger partial charge in [-0.1, -0.05) is 6.07 Å². The summed E-state index contributed by atoms with van der Waals surface area (Å²) >= 11 is 0. The second-order valence-corrected chi connectivity index (χ2v) is 7.82. The van der Waals surface area contributed by atoms with Gasteiger partial charge in [-0.05, 0) is 80.1 Å². The SMILES string of the molecule is NC1CCN(Cc2ccn3ncnc(Nc4ccc5c(c4)CCC5)c23)CC1. The summed E-state index contributed by atoms with van der Waals surface area (Å²) in [5.41, 5.74) is 12.4. The van der Waals surface area contributed by atoms with Gasteiger partial charge in [0.25, 0.3) is 0 Å². The molecule has 140 valence electrons. The molecule has 1 aliphatic carbocycles. The van der Waals surface area contributed by atoms with E-state index >= 15 is 0 Å². The van der Waals surface area contributed by atoms with E-state index in [4.69, 9.17) is 5.73 Å². The third kappa shape index (κ3) is 3.31. The number of benzene rings is 1. The van der Waals surface area contributed by atoms with Crippen molar-refractivity contribution in [2.75, 3.05) is 18.4 Å². The Hall–Kier alpha value is -2.44. The second-order valence-electron chi connectivity index (χ2n) is 7.82. The minimum atomic E-state index is 0.354. The third-order valence-electron chi connectivity index (χ3n) is 5.92. The minimum Gasteiger partial charge on any atom is -0.338 e. The highest BCUT2D eigenvalue weighted by Gasteiger charge is 2.19. The Bertz CT molecular complexity index is 954. The van der Waals surface area contributed by atoms with Gasteiger partial charge in [0.15, 0.2) is 5.82 Å². The largest absolute Gasteiger partial charge is 0.338 e. The zero-order chi connectivity index (χ0) is 18.2. The number of fused-ring (bicyclic) bond motifs is 2. The number of rotatable bonds is 4. The molecular formula is C21H26N6. The van der Waals surface area contributed by atoms with Gasteiger partial charge in [0.05, 0.1) is 0 Å². The fraction of sp³-hybridized carbons (Fsp3) is 0.429. The monoisotopic (exact) mass is 362 g/mol. The summed E-state index contributed by atoms with van der Waals surface area (Å²) in [5.74, 6) is 0.872. The highest BCUT2D eigenvalue weighted by molar-refractivity contribution is 5.76. The maximum atomic E-state index is 6.05. The molecule has 6 heteroatoms. The van der Waals surface area contributed by atoms with Gasteiger partial charge in [0, 0.05) is 24.5 Å². The minimum absolute atomic E-state index is 0.354. The van der Waals surface area contributed by atoms with E-state index in [-0.39, 0.29) is 0 Å². The zero-order valence-corrected chi connectivity index (χ0v) is 15.6. The molecule has 3 N–H and O–H groups in total. The van der Waals surface area contributed by atoms with Crippen molar-refractivity contribution in [3.8, 4) is 0 Å². The van der Waals surface area contributed by atoms with Gasteiger partial charge in [0.1, 0.15) is 11.8 Å². The van der Waals surface area contributed by atoms with Gasteiger partial charge in [-0.15, -0.1) is 0 Å². The molecule has 2 aromatic heterocycles. The summed E-state index contributed by atoms with van der Waals surface area (Å²) in [6, 6.07) is 9.20. The average Bonchev–Trinajstić information content (AvgIpc) is 3.31. The van der Waals surface area contributed by atoms with E-state index in [0.717, 1.165) is 49.5 Å². The van der Waals surface area contributed by atoms with Crippen LogP contribution in [0.2, 0.25) is 0 Å². The highest BCUT2D eigenvalue weighted by atomic mass is 15.3. The fourth-order valence-corrected chi connectivity index (χ4v) is 4.38. The first-order valence-electron chi connectivity index (χ1n) is 9.94. The Morgan fingerprint density at radius 3 is 2.85 bits per heavy atom. The van der Waals surface area contributed by atoms with Crippen LogP contribution in [0.5, 0.6) is 0 Å². The molecule has 0 amide bonds. The molecule has 1 aliphatic heterocycles. The number of aromatic nitrogens is 3. The van der Waals surface area contributed by atoms with Gasteiger partial charge >= 0.3 is 0 Å². The lowest BCUT2D eigenvalue weighted by Gasteiger charge is -2.29. The highest BCUT2D eigenvalue weighted by Crippen LogP contribution is 2.28. The normalized spacial score (nSPS) is 18.1. The first-order valence-corrected chi connectivity index (χ1v) is 9.94. The lowest BCUT2D eigenvalue weighted by molar-refractivity contribution is 0.206. The van der Waals surface area contributed by atoms with Crippen molar-refractivity contribution in [2.45, 2.75) is 44.7 Å². The van der Waals surface area contributed by atoms with Crippen molar-refractivity contribution in [3.05, 3.63) is 53.5 Å². The first-order chi connectivity index (χ1) is 13.3. The number of aryl methyl sites for hydroxylation is 2. The quantitative estimate of drug-likeness (QED) is 0.747. The number of nitrogens with one attached hydrogen (secondary N) is 1. The van der Waals surface area contributed by atoms with E-state index in [1.807, 2.05) is 10.7 Å². The molecule has 1 saturated heterocycles. The number of hydrogen-bond acceptors (Lipinski definition) is 5. The molecule has 5 rings (SSSR count). The number of nitrogens with two attached hydrogens (primary N) is 1. The fourth-order valence-electron chi connectivity index (χ4n) is 4.38. The van der Waals surface area contributed by atoms with Gasteiger partial charge in [-0.3, -0.25) is 4.90 Å². The van der Waals surface area contributed by atoms with Gasteiger partial charge in [0.2, 0.25) is 0 Å². The Balaban J connectivity index is 1.43. The van der Waals surface area contributed by atoms with Crippen LogP contribution < -0.4 is 11.1 Å². The third-order valence-corrected chi connectivity index (χ3v) is 5.92. The van der Waals surface area contributed by atoms with Crippen LogP contribution in [0, 0.1) is 0 Å². The summed E-state index contributed by atoms with van der Waals surface area (Å²) in [6.45, 7) is 3.02. The summed E-state index contributed by atoms with van der Waals surface area (Å²) in [5, 5.41) is 7.93. The van der Waals surface area contributed by atoms with Crippen molar-refractivity contribution in [3.63, 3.8) is 0 Å². The molecule has 0 atom stereocenters. The van der Waals surface area contributed by atoms with Crippen LogP contribution in [0.1, 0.15) is 36.0 Å². The molecule has 1 aromatic carbocycles. The standard InChI is InChI=1S/C21H26N6/c22-18-7-9-26(10-8-18)13-17-6-11-27-20(17)21(23-14-24-27)25-19-5-4-15-2-1-3-16(15)12-19/h4-6,11-12,14,18H,1-3,7-10,13,22H2,(H,23,24,25). The molecule has 0 bridgehead atoms. The Morgan fingerprint density at radius 1 is 1.11 bits per heavy atom. The molecule has 27 heavy (non-hydrogen) atoms. The van der Waals surface area contributed by atoms with Crippen molar-refractivity contribution in [1.29, 1.82) is 0 Å². The van der Waals surface area contributed by atoms with Crippen LogP contribution in [0.3, 0.4) is 0 Å². The van der Waals surface area contributed by atoms with Crippen LogP contribution in [-0.4, -0.2) is 38.6 Å². The van der Waals surface area contributed by atoms with Crippen LogP contribution in [0.25, 0.3) is 5.52 Å². The van der Waals surface area contributed by atoms with Crippen LogP contribution >= 0.6 is 0 Å². The summed E-state index contributed by atoms with van der Waals surface area (Å²) in [7, 11) is 0. The molecular weight excluding hydrogens is 336 g/mol. The Labute approximate surface area is 159 Å². The van der Waals surface area contributed by atoms with Crippen LogP contribution in [0.4, 0.5) is 11.5 Å². The molecule has 3 heterocycles. The Morgan fingerprint density at radius 2 is 1.96 bits per heavy atom. The number of nitrogens with zero attached hydrogens (tertiary/aromatic N) is 4. The van der Waals surface area contributed by atoms with Gasteiger partial charge < -0.3 is 11.1 Å². The molecule has 3 aromatic rings. The molecule has 6 nitrogen and oxygen atoms in total. The first kappa shape index (κ1) is 16.7. The van der Waals surface area contributed by atoms with Crippen molar-refractivity contribution < 1.29 is 0 Å². The van der Waals surface area contributed by atoms with Crippen molar-refractivity contribution in [2.24, 2.45) is 5.73 Å². The van der Waals surface area contributed by atoms with E-state index in [9.17, 15) is 0 Å². The molecule has 0 spiro atoms. The van der Waals surface area contributed by atoms with Gasteiger partial charge in [-0.25, -0.2) is 9.50 Å². The smallest absolute Gasteiger partial charge is 0.158 e. The van der Waals surface area contributed by atoms with Gasteiger partial charge in [-0.2, -0.15) is 5.10 Å². The van der Waals surface area contributed by atoms with Crippen LogP contribution in [0.15, 0.2) is 36.8 Å². The molecule has 1 fully saturated rings. The summed E-state index contributed by atoms with van der Waals surface area (Å²) in [4.78, 5) is 7.03. The Kier molecular flexibility index (Phi) is 4.30. The lowest BCUT2D eigenvalue weighted by atomic mass is 10.1. The second kappa shape index (κ2) is 6.94. The van der Waals surface area contributed by atoms with E-state index in [1.54, 1.807) is 6.33 Å². The number of likely N-dealkylation sites (tertiary alicyclic amines) is 1. The molecule has 2 aliphatic rings. The average molecular weight is 362 g/mol. The summed E-state index contributed by atoms with van der Waals surface area (Å²) in [6.07, 6.45) is 9.43. The van der Waals surface area contributed by atoms with Crippen molar-refractivity contribution in [1.82, 2.24) is 19.5 Å². The van der Waals surface area contributed by atoms with E-state index in [0.29, 0.717) is 6.04 Å². The number of piperidine rings is 1. The molecule has 0 unspecified atom stereocenters. The number of hydrogen-bond donors (Lipinski definition) is 2. The number of anilines is 2. The predicted octanol–water partition coefficient (Wildman–Crippen LogP) is 2.88. The zero-order valence-electron chi connectivity index (χ0n) is 15.6. The van der Waals surface area contributed by atoms with E-state index in [2.05, 4.69) is 44.6 Å². The molecule has 0 saturated carbocycles. The lowest BCUT2D eigenvalue weighted by Crippen LogP contribution is -2.39. The molecule has 0 radical (unpaired) electrons. The maximum absolute atomic E-state index is 6.05. The topological polar surface area (TPSA) is 71.5 Å². The van der Waals surface area contributed by atoms with E-state index in [1.165, 1.54) is 36.0 Å². The predicted molar refractivity (Wildman–Crippen MR) is 107 cm³/mol. The summed E-state index contributed by atoms with van der Waals surface area (Å²) < 4.78 is 1.92. The van der Waals surface area contributed by atoms with E-state index < -0.39 is 0 Å². The van der Waals surface area contributed by atoms with Crippen LogP contribution in [-0.2, 0) is 19.4 Å². The van der Waals surface area contributed by atoms with Crippen molar-refractivity contribution >= 4 is 17.0 Å². The maximum Gasteiger partial charge on any atom is 0.158 e.